The quantitative estimate of drug-likeness (QED) is 0.646. The van der Waals surface area contributed by atoms with E-state index in [0.29, 0.717) is 0 Å². The Morgan fingerprint density at radius 3 is 2.50 bits per heavy atom. The molecule has 3 nitrogen and oxygen atoms in total. The van der Waals surface area contributed by atoms with E-state index in [4.69, 9.17) is 5.73 Å². The third kappa shape index (κ3) is 2.33. The summed E-state index contributed by atoms with van der Waals surface area (Å²) in [4.78, 5) is 0. The van der Waals surface area contributed by atoms with E-state index < -0.39 is 17.7 Å². The Hall–Kier alpha value is -1.57. The van der Waals surface area contributed by atoms with Gasteiger partial charge in [-0.1, -0.05) is 0 Å². The third-order valence-electron chi connectivity index (χ3n) is 2.20. The maximum atomic E-state index is 13.1. The summed E-state index contributed by atoms with van der Waals surface area (Å²) in [5.41, 5.74) is 4.66. The number of halogens is 5. The lowest BCUT2D eigenvalue weighted by Gasteiger charge is -2.07. The van der Waals surface area contributed by atoms with Crippen LogP contribution in [0.3, 0.4) is 0 Å². The summed E-state index contributed by atoms with van der Waals surface area (Å²) in [6, 6.07) is 3.09. The number of hydrogen-bond acceptors (Lipinski definition) is 2. The van der Waals surface area contributed by atoms with Crippen LogP contribution < -0.4 is 5.73 Å². The Morgan fingerprint density at radius 1 is 1.28 bits per heavy atom. The number of rotatable bonds is 1. The molecule has 0 bridgehead atoms. The van der Waals surface area contributed by atoms with Gasteiger partial charge in [-0.05, 0) is 28.1 Å². The summed E-state index contributed by atoms with van der Waals surface area (Å²) in [5, 5.41) is 3.35. The van der Waals surface area contributed by atoms with E-state index in [9.17, 15) is 17.6 Å². The lowest BCUT2D eigenvalue weighted by molar-refractivity contribution is -0.141. The first-order valence-electron chi connectivity index (χ1n) is 4.67. The predicted molar refractivity (Wildman–Crippen MR) is 60.6 cm³/mol. The fraction of sp³-hybridized carbons (Fsp3) is 0.100. The van der Waals surface area contributed by atoms with E-state index in [1.54, 1.807) is 0 Å². The van der Waals surface area contributed by atoms with Crippen molar-refractivity contribution >= 4 is 21.6 Å². The van der Waals surface area contributed by atoms with Crippen molar-refractivity contribution in [2.45, 2.75) is 6.18 Å². The molecule has 0 amide bonds. The molecule has 0 spiro atoms. The highest BCUT2D eigenvalue weighted by Gasteiger charge is 2.33. The molecule has 0 aliphatic heterocycles. The average Bonchev–Trinajstić information content (AvgIpc) is 2.72. The molecule has 1 aromatic carbocycles. The zero-order valence-corrected chi connectivity index (χ0v) is 10.3. The summed E-state index contributed by atoms with van der Waals surface area (Å²) in [6.07, 6.45) is -3.42. The van der Waals surface area contributed by atoms with Crippen molar-refractivity contribution in [1.82, 2.24) is 9.78 Å². The minimum absolute atomic E-state index is 0.00692. The van der Waals surface area contributed by atoms with E-state index in [-0.39, 0.29) is 15.8 Å². The number of nitrogen functional groups attached to an aromatic ring is 1. The summed E-state index contributed by atoms with van der Waals surface area (Å²) in [5.74, 6) is -0.598. The van der Waals surface area contributed by atoms with Crippen LogP contribution in [0.5, 0.6) is 0 Å². The van der Waals surface area contributed by atoms with Gasteiger partial charge in [0.05, 0.1) is 15.8 Å². The molecule has 8 heteroatoms. The van der Waals surface area contributed by atoms with Crippen LogP contribution in [0.2, 0.25) is 0 Å². The highest BCUT2D eigenvalue weighted by molar-refractivity contribution is 9.10. The van der Waals surface area contributed by atoms with Gasteiger partial charge in [0, 0.05) is 12.3 Å². The molecule has 2 N–H and O–H groups in total. The van der Waals surface area contributed by atoms with Gasteiger partial charge in [0.15, 0.2) is 5.69 Å². The zero-order chi connectivity index (χ0) is 13.5. The van der Waals surface area contributed by atoms with Gasteiger partial charge in [-0.25, -0.2) is 9.07 Å². The second-order valence-electron chi connectivity index (χ2n) is 3.47. The van der Waals surface area contributed by atoms with Crippen LogP contribution >= 0.6 is 15.9 Å². The van der Waals surface area contributed by atoms with Gasteiger partial charge in [-0.15, -0.1) is 0 Å². The molecule has 1 aromatic heterocycles. The molecule has 0 aliphatic carbocycles. The molecule has 0 unspecified atom stereocenters. The van der Waals surface area contributed by atoms with E-state index >= 15 is 0 Å². The minimum Gasteiger partial charge on any atom is -0.397 e. The first-order valence-corrected chi connectivity index (χ1v) is 5.46. The Bertz CT molecular complexity index is 591. The Morgan fingerprint density at radius 2 is 1.94 bits per heavy atom. The van der Waals surface area contributed by atoms with Crippen LogP contribution in [0, 0.1) is 5.82 Å². The van der Waals surface area contributed by atoms with Crippen molar-refractivity contribution in [1.29, 1.82) is 0 Å². The Kier molecular flexibility index (Phi) is 3.05. The molecule has 0 aliphatic rings. The first-order chi connectivity index (χ1) is 8.29. The number of anilines is 1. The molecule has 0 fully saturated rings. The number of nitrogens with zero attached hydrogens (tertiary/aromatic N) is 2. The molecule has 0 atom stereocenters. The fourth-order valence-corrected chi connectivity index (χ4v) is 1.69. The normalized spacial score (nSPS) is 11.8. The number of nitrogens with two attached hydrogens (primary N) is 1. The smallest absolute Gasteiger partial charge is 0.397 e. The summed E-state index contributed by atoms with van der Waals surface area (Å²) >= 11 is 2.93. The highest BCUT2D eigenvalue weighted by Crippen LogP contribution is 2.30. The lowest BCUT2D eigenvalue weighted by Crippen LogP contribution is -2.08. The monoisotopic (exact) mass is 323 g/mol. The van der Waals surface area contributed by atoms with Crippen molar-refractivity contribution in [2.24, 2.45) is 0 Å². The van der Waals surface area contributed by atoms with Crippen molar-refractivity contribution in [3.05, 3.63) is 40.4 Å². The minimum atomic E-state index is -4.53. The third-order valence-corrected chi connectivity index (χ3v) is 2.80. The molecule has 1 heterocycles. The maximum absolute atomic E-state index is 13.1. The zero-order valence-electron chi connectivity index (χ0n) is 8.67. The van der Waals surface area contributed by atoms with Gasteiger partial charge < -0.3 is 5.73 Å². The van der Waals surface area contributed by atoms with E-state index in [0.717, 1.165) is 23.0 Å². The molecule has 18 heavy (non-hydrogen) atoms. The molecule has 2 rings (SSSR count). The van der Waals surface area contributed by atoms with Crippen LogP contribution in [0.1, 0.15) is 5.69 Å². The van der Waals surface area contributed by atoms with E-state index in [1.165, 1.54) is 6.07 Å². The SMILES string of the molecule is Nc1cc(F)c(Br)cc1-n1ccc(C(F)(F)F)n1. The standard InChI is InChI=1S/C10H6BrF4N3/c11-5-3-8(7(16)4-6(5)12)18-2-1-9(17-18)10(13,14)15/h1-4H,16H2. The molecule has 0 saturated heterocycles. The second-order valence-corrected chi connectivity index (χ2v) is 4.32. The average molecular weight is 324 g/mol. The lowest BCUT2D eigenvalue weighted by atomic mass is 10.2. The number of aromatic nitrogens is 2. The van der Waals surface area contributed by atoms with Crippen LogP contribution in [-0.4, -0.2) is 9.78 Å². The Labute approximate surface area is 107 Å². The molecule has 96 valence electrons. The highest BCUT2D eigenvalue weighted by atomic mass is 79.9. The molecular weight excluding hydrogens is 318 g/mol. The van der Waals surface area contributed by atoms with Crippen LogP contribution in [0.15, 0.2) is 28.9 Å². The van der Waals surface area contributed by atoms with Crippen LogP contribution in [0.4, 0.5) is 23.2 Å². The largest absolute Gasteiger partial charge is 0.435 e. The maximum Gasteiger partial charge on any atom is 0.435 e. The van der Waals surface area contributed by atoms with Crippen molar-refractivity contribution in [3.8, 4) is 5.69 Å². The van der Waals surface area contributed by atoms with Crippen molar-refractivity contribution < 1.29 is 17.6 Å². The summed E-state index contributed by atoms with van der Waals surface area (Å²) in [7, 11) is 0. The van der Waals surface area contributed by atoms with Gasteiger partial charge in [-0.3, -0.25) is 0 Å². The van der Waals surface area contributed by atoms with Gasteiger partial charge in [0.25, 0.3) is 0 Å². The fourth-order valence-electron chi connectivity index (χ4n) is 1.36. The van der Waals surface area contributed by atoms with Gasteiger partial charge in [-0.2, -0.15) is 18.3 Å². The van der Waals surface area contributed by atoms with Crippen molar-refractivity contribution in [3.63, 3.8) is 0 Å². The predicted octanol–water partition coefficient (Wildman–Crippen LogP) is 3.37. The first kappa shape index (κ1) is 12.9. The second kappa shape index (κ2) is 4.27. The molecule has 0 radical (unpaired) electrons. The number of benzene rings is 1. The summed E-state index contributed by atoms with van der Waals surface area (Å²) < 4.78 is 51.3. The van der Waals surface area contributed by atoms with Crippen LogP contribution in [0.25, 0.3) is 5.69 Å². The van der Waals surface area contributed by atoms with E-state index in [1.807, 2.05) is 0 Å². The summed E-state index contributed by atoms with van der Waals surface area (Å²) in [6.45, 7) is 0. The Balaban J connectivity index is 2.50. The molecular formula is C10H6BrF4N3. The molecule has 0 saturated carbocycles. The topological polar surface area (TPSA) is 43.8 Å². The number of alkyl halides is 3. The molecule has 2 aromatic rings. The van der Waals surface area contributed by atoms with Gasteiger partial charge in [0.2, 0.25) is 0 Å². The number of hydrogen-bond donors (Lipinski definition) is 1. The van der Waals surface area contributed by atoms with E-state index in [2.05, 4.69) is 21.0 Å². The van der Waals surface area contributed by atoms with Gasteiger partial charge in [0.1, 0.15) is 5.82 Å². The van der Waals surface area contributed by atoms with Gasteiger partial charge >= 0.3 is 6.18 Å². The van der Waals surface area contributed by atoms with Crippen molar-refractivity contribution in [2.75, 3.05) is 5.73 Å². The van der Waals surface area contributed by atoms with Crippen LogP contribution in [-0.2, 0) is 6.18 Å².